The van der Waals surface area contributed by atoms with Crippen LogP contribution in [0, 0.1) is 17.1 Å². The summed E-state index contributed by atoms with van der Waals surface area (Å²) in [6.07, 6.45) is -0.890. The van der Waals surface area contributed by atoms with Gasteiger partial charge in [0.25, 0.3) is 11.8 Å². The summed E-state index contributed by atoms with van der Waals surface area (Å²) in [6, 6.07) is 11.2. The van der Waals surface area contributed by atoms with E-state index in [-0.39, 0.29) is 27.7 Å². The number of benzene rings is 2. The average molecular weight is 697 g/mol. The van der Waals surface area contributed by atoms with Gasteiger partial charge in [0, 0.05) is 41.4 Å². The minimum atomic E-state index is -2.98. The van der Waals surface area contributed by atoms with Gasteiger partial charge in [-0.15, -0.1) is 0 Å². The Morgan fingerprint density at radius 3 is 2.47 bits per heavy atom. The van der Waals surface area contributed by atoms with Crippen LogP contribution in [-0.4, -0.2) is 70.4 Å². The Hall–Kier alpha value is -5.16. The van der Waals surface area contributed by atoms with Gasteiger partial charge in [0.2, 0.25) is 11.8 Å². The molecule has 3 aromatic rings. The van der Waals surface area contributed by atoms with E-state index in [1.54, 1.807) is 32.9 Å². The Balaban J connectivity index is 1.66. The SMILES string of the molecule is CC(C)(C)OC(=O)N1CC(=O)N(c2cc(C#N)ccn2)[C@H](C(=O)N(c2cccc(F)c2)C(C(=O)NC2CC(F)(F)C2)c2ccccc2Cl)C1. The highest BCUT2D eigenvalue weighted by molar-refractivity contribution is 6.31. The number of nitrogens with one attached hydrogen (secondary N) is 1. The zero-order chi connectivity index (χ0) is 35.7. The number of hydrogen-bond donors (Lipinski definition) is 1. The Bertz CT molecular complexity index is 1820. The van der Waals surface area contributed by atoms with Gasteiger partial charge in [0.1, 0.15) is 35.9 Å². The molecular weight excluding hydrogens is 665 g/mol. The minimum absolute atomic E-state index is 0.0335. The molecule has 11 nitrogen and oxygen atoms in total. The Morgan fingerprint density at radius 2 is 1.84 bits per heavy atom. The number of hydrogen-bond acceptors (Lipinski definition) is 7. The quantitative estimate of drug-likeness (QED) is 0.350. The maximum Gasteiger partial charge on any atom is 0.410 e. The largest absolute Gasteiger partial charge is 0.444 e. The Morgan fingerprint density at radius 1 is 1.12 bits per heavy atom. The van der Waals surface area contributed by atoms with E-state index < -0.39 is 85.2 Å². The first-order valence-corrected chi connectivity index (χ1v) is 15.6. The van der Waals surface area contributed by atoms with Gasteiger partial charge in [-0.25, -0.2) is 22.9 Å². The molecule has 2 heterocycles. The van der Waals surface area contributed by atoms with E-state index in [2.05, 4.69) is 10.3 Å². The fourth-order valence-electron chi connectivity index (χ4n) is 5.66. The van der Waals surface area contributed by atoms with E-state index in [1.807, 2.05) is 6.07 Å². The normalized spacial score (nSPS) is 18.2. The molecule has 2 aromatic carbocycles. The minimum Gasteiger partial charge on any atom is -0.444 e. The monoisotopic (exact) mass is 696 g/mol. The molecule has 256 valence electrons. The Labute approximate surface area is 285 Å². The smallest absolute Gasteiger partial charge is 0.410 e. The molecule has 1 N–H and O–H groups in total. The summed E-state index contributed by atoms with van der Waals surface area (Å²) >= 11 is 6.57. The number of carbonyl (C=O) groups excluding carboxylic acids is 4. The lowest BCUT2D eigenvalue weighted by Gasteiger charge is -2.43. The van der Waals surface area contributed by atoms with Crippen molar-refractivity contribution in [1.29, 1.82) is 5.26 Å². The number of nitriles is 1. The Kier molecular flexibility index (Phi) is 9.87. The molecule has 15 heteroatoms. The molecule has 1 aromatic heterocycles. The summed E-state index contributed by atoms with van der Waals surface area (Å²) in [4.78, 5) is 63.4. The van der Waals surface area contributed by atoms with E-state index in [0.29, 0.717) is 0 Å². The second kappa shape index (κ2) is 13.8. The number of aromatic nitrogens is 1. The van der Waals surface area contributed by atoms with E-state index in [4.69, 9.17) is 16.3 Å². The summed E-state index contributed by atoms with van der Waals surface area (Å²) in [5.41, 5.74) is -0.901. The van der Waals surface area contributed by atoms with Crippen LogP contribution in [-0.2, 0) is 19.1 Å². The zero-order valence-electron chi connectivity index (χ0n) is 26.7. The number of carbonyl (C=O) groups is 4. The highest BCUT2D eigenvalue weighted by atomic mass is 35.5. The van der Waals surface area contributed by atoms with Crippen LogP contribution in [0.15, 0.2) is 66.9 Å². The predicted molar refractivity (Wildman–Crippen MR) is 172 cm³/mol. The number of pyridine rings is 1. The van der Waals surface area contributed by atoms with Gasteiger partial charge in [-0.2, -0.15) is 5.26 Å². The van der Waals surface area contributed by atoms with Crippen molar-refractivity contribution in [2.75, 3.05) is 22.9 Å². The number of rotatable bonds is 7. The summed E-state index contributed by atoms with van der Waals surface area (Å²) in [5.74, 6) is -6.49. The van der Waals surface area contributed by atoms with Crippen molar-refractivity contribution >= 4 is 46.9 Å². The molecule has 1 saturated carbocycles. The molecule has 2 atom stereocenters. The van der Waals surface area contributed by atoms with Crippen LogP contribution < -0.4 is 15.1 Å². The number of ether oxygens (including phenoxy) is 1. The van der Waals surface area contributed by atoms with E-state index in [9.17, 15) is 32.8 Å². The third-order valence-electron chi connectivity index (χ3n) is 7.82. The molecule has 1 unspecified atom stereocenters. The zero-order valence-corrected chi connectivity index (χ0v) is 27.5. The molecule has 5 rings (SSSR count). The third kappa shape index (κ3) is 7.94. The molecule has 0 spiro atoms. The van der Waals surface area contributed by atoms with Gasteiger partial charge < -0.3 is 10.1 Å². The van der Waals surface area contributed by atoms with Gasteiger partial charge in [0.15, 0.2) is 0 Å². The van der Waals surface area contributed by atoms with E-state index in [0.717, 1.165) is 26.8 Å². The lowest BCUT2D eigenvalue weighted by atomic mass is 9.87. The summed E-state index contributed by atoms with van der Waals surface area (Å²) in [6.45, 7) is 3.88. The summed E-state index contributed by atoms with van der Waals surface area (Å²) in [7, 11) is 0. The number of piperazine rings is 1. The maximum atomic E-state index is 15.0. The van der Waals surface area contributed by atoms with Crippen molar-refractivity contribution < 1.29 is 37.1 Å². The predicted octanol–water partition coefficient (Wildman–Crippen LogP) is 5.39. The van der Waals surface area contributed by atoms with Crippen LogP contribution in [0.3, 0.4) is 0 Å². The van der Waals surface area contributed by atoms with Gasteiger partial charge >= 0.3 is 6.09 Å². The fourth-order valence-corrected chi connectivity index (χ4v) is 5.90. The maximum absolute atomic E-state index is 15.0. The highest BCUT2D eigenvalue weighted by Gasteiger charge is 2.49. The van der Waals surface area contributed by atoms with Crippen molar-refractivity contribution in [3.63, 3.8) is 0 Å². The third-order valence-corrected chi connectivity index (χ3v) is 8.17. The number of halogens is 4. The number of anilines is 2. The van der Waals surface area contributed by atoms with Crippen LogP contribution in [0.1, 0.15) is 50.8 Å². The highest BCUT2D eigenvalue weighted by Crippen LogP contribution is 2.39. The standard InChI is InChI=1S/C34H32ClF3N6O5/c1-33(2,3)49-32(48)42-18-26(44(28(45)19-42)27-13-20(17-39)11-12-40-27)31(47)43(23-8-6-7-21(36)14-23)29(24-9-4-5-10-25(24)35)30(46)41-22-15-34(37,38)16-22/h4-14,22,26,29H,15-16,18-19H2,1-3H3,(H,41,46)/t26-,29?/m0/s1. The summed E-state index contributed by atoms with van der Waals surface area (Å²) < 4.78 is 47.9. The molecule has 1 aliphatic heterocycles. The second-order valence-corrected chi connectivity index (χ2v) is 13.1. The average Bonchev–Trinajstić information content (AvgIpc) is 3.01. The molecule has 49 heavy (non-hydrogen) atoms. The molecule has 2 aliphatic rings. The lowest BCUT2D eigenvalue weighted by Crippen LogP contribution is -2.65. The number of nitrogens with zero attached hydrogens (tertiary/aromatic N) is 5. The van der Waals surface area contributed by atoms with Crippen molar-refractivity contribution in [1.82, 2.24) is 15.2 Å². The van der Waals surface area contributed by atoms with Gasteiger partial charge in [-0.3, -0.25) is 29.1 Å². The molecule has 1 aliphatic carbocycles. The topological polar surface area (TPSA) is 136 Å². The molecule has 0 radical (unpaired) electrons. The second-order valence-electron chi connectivity index (χ2n) is 12.7. The van der Waals surface area contributed by atoms with Crippen molar-refractivity contribution in [3.05, 3.63) is 88.8 Å². The first-order valence-electron chi connectivity index (χ1n) is 15.2. The lowest BCUT2D eigenvalue weighted by molar-refractivity contribution is -0.133. The molecular formula is C34H32ClF3N6O5. The van der Waals surface area contributed by atoms with Crippen LogP contribution >= 0.6 is 11.6 Å². The summed E-state index contributed by atoms with van der Waals surface area (Å²) in [5, 5.41) is 12.1. The first-order chi connectivity index (χ1) is 23.1. The number of amides is 4. The van der Waals surface area contributed by atoms with Crippen LogP contribution in [0.5, 0.6) is 0 Å². The van der Waals surface area contributed by atoms with Crippen LogP contribution in [0.4, 0.5) is 29.5 Å². The van der Waals surface area contributed by atoms with E-state index >= 15 is 4.79 Å². The molecule has 2 fully saturated rings. The van der Waals surface area contributed by atoms with Crippen molar-refractivity contribution in [3.8, 4) is 6.07 Å². The van der Waals surface area contributed by atoms with Crippen molar-refractivity contribution in [2.45, 2.75) is 63.3 Å². The van der Waals surface area contributed by atoms with Crippen LogP contribution in [0.2, 0.25) is 5.02 Å². The first kappa shape index (κ1) is 35.2. The van der Waals surface area contributed by atoms with Gasteiger partial charge in [-0.1, -0.05) is 35.9 Å². The number of alkyl halides is 2. The van der Waals surface area contributed by atoms with Crippen LogP contribution in [0.25, 0.3) is 0 Å². The molecule has 0 bridgehead atoms. The van der Waals surface area contributed by atoms with Gasteiger partial charge in [0.05, 0.1) is 18.2 Å². The fraction of sp³-hybridized carbons (Fsp3) is 0.353. The van der Waals surface area contributed by atoms with Crippen molar-refractivity contribution in [2.24, 2.45) is 0 Å². The van der Waals surface area contributed by atoms with Gasteiger partial charge in [-0.05, 0) is 57.2 Å². The molecule has 4 amide bonds. The molecule has 1 saturated heterocycles. The van der Waals surface area contributed by atoms with E-state index in [1.165, 1.54) is 42.6 Å².